The number of nitrogens with one attached hydrogen (secondary N) is 1. The van der Waals surface area contributed by atoms with E-state index in [1.165, 1.54) is 18.2 Å². The van der Waals surface area contributed by atoms with E-state index >= 15 is 0 Å². The molecule has 1 aliphatic heterocycles. The fraction of sp³-hybridized carbons (Fsp3) is 0.333. The maximum atomic E-state index is 13.2. The molecule has 0 spiro atoms. The van der Waals surface area contributed by atoms with Gasteiger partial charge in [-0.3, -0.25) is 4.79 Å². The summed E-state index contributed by atoms with van der Waals surface area (Å²) in [5, 5.41) is 11.0. The van der Waals surface area contributed by atoms with Crippen LogP contribution in [0.25, 0.3) is 5.57 Å². The molecule has 1 heterocycles. The van der Waals surface area contributed by atoms with Crippen molar-refractivity contribution < 1.29 is 18.3 Å². The average Bonchev–Trinajstić information content (AvgIpc) is 2.54. The predicted molar refractivity (Wildman–Crippen MR) is 84.6 cm³/mol. The van der Waals surface area contributed by atoms with Crippen molar-refractivity contribution in [1.29, 1.82) is 5.26 Å². The molecule has 0 saturated heterocycles. The van der Waals surface area contributed by atoms with Crippen LogP contribution in [-0.2, 0) is 4.79 Å². The number of alkyl halides is 2. The van der Waals surface area contributed by atoms with Crippen LogP contribution < -0.4 is 15.8 Å². The van der Waals surface area contributed by atoms with Crippen LogP contribution in [0.5, 0.6) is 5.75 Å². The second-order valence-electron chi connectivity index (χ2n) is 4.91. The molecule has 0 bridgehead atoms. The molecule has 0 aromatic heterocycles. The normalized spacial score (nSPS) is 14.4. The van der Waals surface area contributed by atoms with Crippen molar-refractivity contribution in [2.24, 2.45) is 0 Å². The van der Waals surface area contributed by atoms with Gasteiger partial charge in [0.2, 0.25) is 0 Å². The van der Waals surface area contributed by atoms with E-state index in [4.69, 9.17) is 15.7 Å². The standard InChI is InChI=1S/C15H15F2N3O2.ClH/c16-8-15(9-17)7-12(14(21)20-5-1-4-18)11-6-10(19)2-3-13(11)22-15;/h2-3,6-7H,1,5,8-9,19H2,(H,20,21);1H. The second kappa shape index (κ2) is 7.79. The molecule has 1 aromatic rings. The summed E-state index contributed by atoms with van der Waals surface area (Å²) in [5.41, 5.74) is 4.73. The molecule has 0 radical (unpaired) electrons. The number of anilines is 1. The highest BCUT2D eigenvalue weighted by Crippen LogP contribution is 2.38. The molecular formula is C15H16ClF2N3O2. The smallest absolute Gasteiger partial charge is 0.251 e. The fourth-order valence-electron chi connectivity index (χ4n) is 2.12. The van der Waals surface area contributed by atoms with Crippen molar-refractivity contribution in [1.82, 2.24) is 5.32 Å². The third kappa shape index (κ3) is 3.90. The first kappa shape index (κ1) is 18.7. The van der Waals surface area contributed by atoms with Crippen LogP contribution in [0.1, 0.15) is 12.0 Å². The zero-order valence-corrected chi connectivity index (χ0v) is 13.0. The Morgan fingerprint density at radius 3 is 2.70 bits per heavy atom. The van der Waals surface area contributed by atoms with E-state index in [0.29, 0.717) is 11.3 Å². The minimum Gasteiger partial charge on any atom is -0.477 e. The van der Waals surface area contributed by atoms with Crippen LogP contribution in [-0.4, -0.2) is 31.4 Å². The average molecular weight is 344 g/mol. The predicted octanol–water partition coefficient (Wildman–Crippen LogP) is 2.17. The summed E-state index contributed by atoms with van der Waals surface area (Å²) >= 11 is 0. The first-order valence-electron chi connectivity index (χ1n) is 6.64. The number of carbonyl (C=O) groups excluding carboxylic acids is 1. The number of benzene rings is 1. The lowest BCUT2D eigenvalue weighted by Gasteiger charge is -2.32. The Morgan fingerprint density at radius 2 is 2.09 bits per heavy atom. The molecule has 1 amide bonds. The lowest BCUT2D eigenvalue weighted by atomic mass is 9.93. The third-order valence-electron chi connectivity index (χ3n) is 3.23. The zero-order valence-electron chi connectivity index (χ0n) is 12.1. The third-order valence-corrected chi connectivity index (χ3v) is 3.23. The molecule has 0 saturated carbocycles. The number of amides is 1. The minimum atomic E-state index is -1.81. The summed E-state index contributed by atoms with van der Waals surface area (Å²) < 4.78 is 31.8. The molecule has 1 aromatic carbocycles. The quantitative estimate of drug-likeness (QED) is 0.633. The van der Waals surface area contributed by atoms with Crippen LogP contribution in [0.4, 0.5) is 14.5 Å². The lowest BCUT2D eigenvalue weighted by Crippen LogP contribution is -2.42. The summed E-state index contributed by atoms with van der Waals surface area (Å²) in [7, 11) is 0. The highest BCUT2D eigenvalue weighted by Gasteiger charge is 2.38. The Balaban J connectivity index is 0.00000264. The largest absolute Gasteiger partial charge is 0.477 e. The van der Waals surface area contributed by atoms with Gasteiger partial charge in [0, 0.05) is 17.8 Å². The number of hydrogen-bond acceptors (Lipinski definition) is 4. The Labute approximate surface area is 138 Å². The van der Waals surface area contributed by atoms with Crippen LogP contribution in [0.3, 0.4) is 0 Å². The van der Waals surface area contributed by atoms with E-state index in [9.17, 15) is 13.6 Å². The topological polar surface area (TPSA) is 88.1 Å². The monoisotopic (exact) mass is 343 g/mol. The Kier molecular flexibility index (Phi) is 6.34. The Morgan fingerprint density at radius 1 is 1.39 bits per heavy atom. The van der Waals surface area contributed by atoms with Crippen LogP contribution >= 0.6 is 12.4 Å². The number of carbonyl (C=O) groups is 1. The molecule has 8 heteroatoms. The highest BCUT2D eigenvalue weighted by atomic mass is 35.5. The van der Waals surface area contributed by atoms with Gasteiger partial charge in [-0.25, -0.2) is 8.78 Å². The van der Waals surface area contributed by atoms with Crippen LogP contribution in [0, 0.1) is 11.3 Å². The van der Waals surface area contributed by atoms with Crippen molar-refractivity contribution in [2.75, 3.05) is 25.6 Å². The fourth-order valence-corrected chi connectivity index (χ4v) is 2.12. The number of fused-ring (bicyclic) bond motifs is 1. The van der Waals surface area contributed by atoms with Gasteiger partial charge in [-0.1, -0.05) is 0 Å². The molecule has 3 N–H and O–H groups in total. The summed E-state index contributed by atoms with van der Waals surface area (Å²) in [6, 6.07) is 6.40. The number of hydrogen-bond donors (Lipinski definition) is 2. The molecule has 5 nitrogen and oxygen atoms in total. The van der Waals surface area contributed by atoms with Crippen molar-refractivity contribution in [2.45, 2.75) is 12.0 Å². The molecule has 2 rings (SSSR count). The summed E-state index contributed by atoms with van der Waals surface area (Å²) in [6.07, 6.45) is 1.27. The number of rotatable bonds is 5. The highest BCUT2D eigenvalue weighted by molar-refractivity contribution is 6.21. The van der Waals surface area contributed by atoms with Crippen molar-refractivity contribution >= 4 is 29.6 Å². The molecule has 0 fully saturated rings. The molecule has 124 valence electrons. The Bertz CT molecular complexity index is 655. The number of nitrogens with zero attached hydrogens (tertiary/aromatic N) is 1. The molecular weight excluding hydrogens is 328 g/mol. The lowest BCUT2D eigenvalue weighted by molar-refractivity contribution is -0.115. The van der Waals surface area contributed by atoms with Gasteiger partial charge in [-0.15, -0.1) is 12.4 Å². The molecule has 0 aliphatic carbocycles. The zero-order chi connectivity index (χ0) is 16.2. The van der Waals surface area contributed by atoms with Gasteiger partial charge in [0.25, 0.3) is 5.91 Å². The molecule has 0 atom stereocenters. The Hall–Kier alpha value is -2.33. The molecule has 0 unspecified atom stereocenters. The van der Waals surface area contributed by atoms with Gasteiger partial charge in [0.15, 0.2) is 5.60 Å². The number of ether oxygens (including phenoxy) is 1. The van der Waals surface area contributed by atoms with E-state index in [-0.39, 0.29) is 36.7 Å². The SMILES string of the molecule is Cl.N#CCCNC(=O)C1=CC(CF)(CF)Oc2ccc(N)cc21. The van der Waals surface area contributed by atoms with Gasteiger partial charge in [-0.2, -0.15) is 5.26 Å². The van der Waals surface area contributed by atoms with Gasteiger partial charge in [0.1, 0.15) is 19.1 Å². The number of nitriles is 1. The summed E-state index contributed by atoms with van der Waals surface area (Å²) in [6.45, 7) is -2.08. The first-order chi connectivity index (χ1) is 10.5. The number of nitrogens with two attached hydrogens (primary N) is 1. The number of nitrogen functional groups attached to an aromatic ring is 1. The van der Waals surface area contributed by atoms with Gasteiger partial charge >= 0.3 is 0 Å². The first-order valence-corrected chi connectivity index (χ1v) is 6.64. The summed E-state index contributed by atoms with van der Waals surface area (Å²) in [4.78, 5) is 12.2. The maximum Gasteiger partial charge on any atom is 0.251 e. The molecule has 1 aliphatic rings. The number of halogens is 3. The van der Waals surface area contributed by atoms with E-state index < -0.39 is 24.9 Å². The van der Waals surface area contributed by atoms with Crippen LogP contribution in [0.2, 0.25) is 0 Å². The summed E-state index contributed by atoms with van der Waals surface area (Å²) in [5.74, 6) is -0.339. The van der Waals surface area contributed by atoms with E-state index in [1.54, 1.807) is 0 Å². The van der Waals surface area contributed by atoms with E-state index in [1.807, 2.05) is 6.07 Å². The maximum absolute atomic E-state index is 13.2. The van der Waals surface area contributed by atoms with Gasteiger partial charge in [-0.05, 0) is 24.3 Å². The minimum absolute atomic E-state index is 0. The second-order valence-corrected chi connectivity index (χ2v) is 4.91. The van der Waals surface area contributed by atoms with Crippen LogP contribution in [0.15, 0.2) is 24.3 Å². The van der Waals surface area contributed by atoms with Crippen molar-refractivity contribution in [3.63, 3.8) is 0 Å². The van der Waals surface area contributed by atoms with E-state index in [0.717, 1.165) is 6.08 Å². The van der Waals surface area contributed by atoms with Crippen molar-refractivity contribution in [3.8, 4) is 11.8 Å². The molecule has 23 heavy (non-hydrogen) atoms. The van der Waals surface area contributed by atoms with Gasteiger partial charge in [0.05, 0.1) is 18.1 Å². The van der Waals surface area contributed by atoms with Crippen molar-refractivity contribution in [3.05, 3.63) is 29.8 Å². The van der Waals surface area contributed by atoms with E-state index in [2.05, 4.69) is 5.32 Å². The van der Waals surface area contributed by atoms with Gasteiger partial charge < -0.3 is 15.8 Å².